The van der Waals surface area contributed by atoms with E-state index in [-0.39, 0.29) is 0 Å². The first-order valence-corrected chi connectivity index (χ1v) is 16.7. The van der Waals surface area contributed by atoms with Gasteiger partial charge < -0.3 is 0 Å². The first-order chi connectivity index (χ1) is 19.3. The van der Waals surface area contributed by atoms with Crippen LogP contribution in [0.4, 0.5) is 0 Å². The second kappa shape index (κ2) is 9.62. The van der Waals surface area contributed by atoms with Gasteiger partial charge in [-0.25, -0.2) is 0 Å². The van der Waals surface area contributed by atoms with Crippen LogP contribution in [0.25, 0.3) is 40.3 Å². The third-order valence-electron chi connectivity index (χ3n) is 7.77. The van der Waals surface area contributed by atoms with Crippen molar-refractivity contribution in [1.29, 1.82) is 0 Å². The summed E-state index contributed by atoms with van der Waals surface area (Å²) in [5.74, 6) is 0. The molecule has 0 atom stereocenters. The van der Waals surface area contributed by atoms with Crippen molar-refractivity contribution in [2.45, 2.75) is 0 Å². The molecule has 0 saturated carbocycles. The maximum atomic E-state index is 4.39. The lowest BCUT2D eigenvalue weighted by Gasteiger charge is -2.36. The molecule has 3 heteroatoms. The zero-order valence-corrected chi connectivity index (χ0v) is 24.1. The van der Waals surface area contributed by atoms with E-state index in [0.29, 0.717) is 0 Å². The lowest BCUT2D eigenvalue weighted by atomic mass is 10.1. The molecule has 2 aromatic heterocycles. The molecule has 0 unspecified atom stereocenters. The number of rotatable bonds is 6. The van der Waals surface area contributed by atoms with Gasteiger partial charge in [0.15, 0.2) is 8.07 Å². The fourth-order valence-corrected chi connectivity index (χ4v) is 14.5. The molecular formula is C36H26S2Si. The van der Waals surface area contributed by atoms with E-state index in [1.807, 2.05) is 28.7 Å². The molecule has 7 aromatic rings. The molecule has 2 heterocycles. The summed E-state index contributed by atoms with van der Waals surface area (Å²) in [5, 5.41) is 10.7. The van der Waals surface area contributed by atoms with E-state index in [1.165, 1.54) is 61.1 Å². The lowest BCUT2D eigenvalue weighted by molar-refractivity contribution is 1.70. The van der Waals surface area contributed by atoms with E-state index < -0.39 is 8.07 Å². The minimum Gasteiger partial charge on any atom is -0.135 e. The largest absolute Gasteiger partial charge is 0.182 e. The third-order valence-corrected chi connectivity index (χ3v) is 15.5. The van der Waals surface area contributed by atoms with Gasteiger partial charge in [0.2, 0.25) is 0 Å². The minimum absolute atomic E-state index is 1.25. The van der Waals surface area contributed by atoms with Crippen LogP contribution in [0.5, 0.6) is 0 Å². The van der Waals surface area contributed by atoms with Crippen molar-refractivity contribution in [3.8, 4) is 0 Å². The zero-order chi connectivity index (χ0) is 26.4. The van der Waals surface area contributed by atoms with Crippen LogP contribution in [0.3, 0.4) is 0 Å². The molecular weight excluding hydrogens is 525 g/mol. The van der Waals surface area contributed by atoms with Gasteiger partial charge in [0.25, 0.3) is 0 Å². The zero-order valence-electron chi connectivity index (χ0n) is 21.4. The fourth-order valence-electron chi connectivity index (χ4n) is 6.18. The average Bonchev–Trinajstić information content (AvgIpc) is 3.57. The van der Waals surface area contributed by atoms with Crippen molar-refractivity contribution in [2.75, 3.05) is 0 Å². The summed E-state index contributed by atoms with van der Waals surface area (Å²) in [5.41, 5.74) is 0. The number of benzene rings is 5. The second-order valence-electron chi connectivity index (χ2n) is 9.74. The number of hydrogen-bond donors (Lipinski definition) is 0. The van der Waals surface area contributed by atoms with Crippen molar-refractivity contribution < 1.29 is 0 Å². The molecule has 0 aliphatic rings. The maximum absolute atomic E-state index is 4.39. The molecule has 39 heavy (non-hydrogen) atoms. The summed E-state index contributed by atoms with van der Waals surface area (Å²) in [6.45, 7) is 8.53. The highest BCUT2D eigenvalue weighted by Crippen LogP contribution is 2.38. The second-order valence-corrected chi connectivity index (χ2v) is 15.6. The lowest BCUT2D eigenvalue weighted by Crippen LogP contribution is -2.68. The van der Waals surface area contributed by atoms with Gasteiger partial charge >= 0.3 is 0 Å². The standard InChI is InChI=1S/C36H26S2Si/c1-3-14-25(4-2)39(26-15-6-5-7-16-26,33-23-12-19-29-27-17-8-10-21-31(27)37-35(29)33)34-24-13-20-30-28-18-9-11-22-32(28)38-36(30)34/h3-24H,1-2H2/b25-14+. The van der Waals surface area contributed by atoms with Crippen molar-refractivity contribution in [3.05, 3.63) is 152 Å². The smallest absolute Gasteiger partial charge is 0.135 e. The highest BCUT2D eigenvalue weighted by atomic mass is 32.1. The van der Waals surface area contributed by atoms with Crippen LogP contribution >= 0.6 is 22.7 Å². The molecule has 0 radical (unpaired) electrons. The van der Waals surface area contributed by atoms with Crippen LogP contribution in [0.2, 0.25) is 0 Å². The van der Waals surface area contributed by atoms with E-state index in [0.717, 1.165) is 0 Å². The van der Waals surface area contributed by atoms with Gasteiger partial charge in [0, 0.05) is 40.3 Å². The van der Waals surface area contributed by atoms with Crippen LogP contribution in [0.15, 0.2) is 152 Å². The molecule has 0 aliphatic heterocycles. The maximum Gasteiger partial charge on any atom is 0.182 e. The Bertz CT molecular complexity index is 1940. The Kier molecular flexibility index (Phi) is 5.93. The quantitative estimate of drug-likeness (QED) is 0.110. The molecule has 0 bridgehead atoms. The Morgan fingerprint density at radius 2 is 1.03 bits per heavy atom. The molecule has 0 saturated heterocycles. The summed E-state index contributed by atoms with van der Waals surface area (Å²) in [6, 6.07) is 42.5. The highest BCUT2D eigenvalue weighted by Gasteiger charge is 2.44. The molecule has 186 valence electrons. The van der Waals surface area contributed by atoms with Gasteiger partial charge in [-0.05, 0) is 32.9 Å². The number of fused-ring (bicyclic) bond motifs is 6. The van der Waals surface area contributed by atoms with E-state index in [9.17, 15) is 0 Å². The van der Waals surface area contributed by atoms with Crippen LogP contribution in [0.1, 0.15) is 0 Å². The molecule has 0 N–H and O–H groups in total. The van der Waals surface area contributed by atoms with Crippen molar-refractivity contribution in [1.82, 2.24) is 0 Å². The molecule has 0 amide bonds. The first kappa shape index (κ1) is 24.0. The van der Waals surface area contributed by atoms with Crippen LogP contribution in [-0.4, -0.2) is 8.07 Å². The molecule has 0 spiro atoms. The third kappa shape index (κ3) is 3.55. The predicted molar refractivity (Wildman–Crippen MR) is 178 cm³/mol. The SMILES string of the molecule is C=C/C=C(\C=C)[Si](c1ccccc1)(c1cccc2c1sc1ccccc12)c1cccc2c1sc1ccccc12. The Morgan fingerprint density at radius 1 is 0.538 bits per heavy atom. The molecule has 0 fully saturated rings. The topological polar surface area (TPSA) is 0 Å². The van der Waals surface area contributed by atoms with E-state index in [2.05, 4.69) is 141 Å². The van der Waals surface area contributed by atoms with Gasteiger partial charge in [-0.1, -0.05) is 135 Å². The van der Waals surface area contributed by atoms with Gasteiger partial charge in [-0.3, -0.25) is 0 Å². The Labute approximate surface area is 237 Å². The number of hydrogen-bond acceptors (Lipinski definition) is 2. The Hall–Kier alpha value is -4.02. The van der Waals surface area contributed by atoms with Gasteiger partial charge in [0.1, 0.15) is 0 Å². The molecule has 5 aromatic carbocycles. The monoisotopic (exact) mass is 550 g/mol. The van der Waals surface area contributed by atoms with E-state index >= 15 is 0 Å². The van der Waals surface area contributed by atoms with Crippen LogP contribution in [0, 0.1) is 0 Å². The Morgan fingerprint density at radius 3 is 1.54 bits per heavy atom. The van der Waals surface area contributed by atoms with E-state index in [1.54, 1.807) is 0 Å². The van der Waals surface area contributed by atoms with Crippen LogP contribution in [-0.2, 0) is 0 Å². The van der Waals surface area contributed by atoms with Crippen molar-refractivity contribution in [3.63, 3.8) is 0 Å². The summed E-state index contributed by atoms with van der Waals surface area (Å²) in [7, 11) is -2.84. The van der Waals surface area contributed by atoms with Crippen molar-refractivity contribution >= 4 is 86.7 Å². The van der Waals surface area contributed by atoms with Gasteiger partial charge in [-0.15, -0.1) is 22.7 Å². The summed E-state index contributed by atoms with van der Waals surface area (Å²) in [6.07, 6.45) is 6.21. The van der Waals surface area contributed by atoms with Crippen molar-refractivity contribution in [2.24, 2.45) is 0 Å². The average molecular weight is 551 g/mol. The van der Waals surface area contributed by atoms with E-state index in [4.69, 9.17) is 0 Å². The van der Waals surface area contributed by atoms with Gasteiger partial charge in [0.05, 0.1) is 0 Å². The number of allylic oxidation sites excluding steroid dienone is 4. The number of thiophene rings is 2. The highest BCUT2D eigenvalue weighted by molar-refractivity contribution is 7.32. The normalized spacial score (nSPS) is 12.5. The Balaban J connectivity index is 1.73. The minimum atomic E-state index is -2.84. The summed E-state index contributed by atoms with van der Waals surface area (Å²) in [4.78, 5) is 0. The molecule has 0 nitrogen and oxygen atoms in total. The van der Waals surface area contributed by atoms with Gasteiger partial charge in [-0.2, -0.15) is 0 Å². The summed E-state index contributed by atoms with van der Waals surface area (Å²) >= 11 is 3.82. The first-order valence-electron chi connectivity index (χ1n) is 13.1. The molecule has 0 aliphatic carbocycles. The van der Waals surface area contributed by atoms with Crippen LogP contribution < -0.4 is 15.6 Å². The predicted octanol–water partition coefficient (Wildman–Crippen LogP) is 8.73. The summed E-state index contributed by atoms with van der Waals surface area (Å²) < 4.78 is 5.38. The molecule has 7 rings (SSSR count). The fraction of sp³-hybridized carbons (Fsp3) is 0.